The standard InChI is InChI=1S/C10H18N2S2/c1-3-8-6-11-9(14-8)12-7-10(13-2)4-5-10/h8H,3-7H2,1-2H3,(H,11,12). The minimum atomic E-state index is 0.549. The predicted octanol–water partition coefficient (Wildman–Crippen LogP) is 2.35. The van der Waals surface area contributed by atoms with Crippen molar-refractivity contribution in [2.75, 3.05) is 19.3 Å². The van der Waals surface area contributed by atoms with Gasteiger partial charge in [-0.3, -0.25) is 4.99 Å². The Kier molecular flexibility index (Phi) is 3.32. The zero-order chi connectivity index (χ0) is 10.0. The first-order valence-corrected chi connectivity index (χ1v) is 7.38. The third kappa shape index (κ3) is 2.40. The zero-order valence-corrected chi connectivity index (χ0v) is 10.5. The molecule has 1 aliphatic heterocycles. The summed E-state index contributed by atoms with van der Waals surface area (Å²) in [6.07, 6.45) is 6.19. The highest BCUT2D eigenvalue weighted by Crippen LogP contribution is 2.46. The van der Waals surface area contributed by atoms with E-state index in [-0.39, 0.29) is 0 Å². The van der Waals surface area contributed by atoms with E-state index in [1.807, 2.05) is 23.5 Å². The van der Waals surface area contributed by atoms with Crippen LogP contribution >= 0.6 is 23.5 Å². The van der Waals surface area contributed by atoms with Gasteiger partial charge in [-0.15, -0.1) is 0 Å². The molecular weight excluding hydrogens is 212 g/mol. The summed E-state index contributed by atoms with van der Waals surface area (Å²) in [5.74, 6) is 0. The van der Waals surface area contributed by atoms with Gasteiger partial charge in [-0.1, -0.05) is 18.7 Å². The second kappa shape index (κ2) is 4.35. The normalized spacial score (nSPS) is 28.7. The number of nitrogens with zero attached hydrogens (tertiary/aromatic N) is 1. The Morgan fingerprint density at radius 3 is 2.93 bits per heavy atom. The Morgan fingerprint density at radius 2 is 2.43 bits per heavy atom. The Bertz CT molecular complexity index is 236. The van der Waals surface area contributed by atoms with Crippen LogP contribution in [0.4, 0.5) is 0 Å². The third-order valence-corrected chi connectivity index (χ3v) is 5.71. The van der Waals surface area contributed by atoms with Crippen LogP contribution in [0.3, 0.4) is 0 Å². The topological polar surface area (TPSA) is 24.4 Å². The summed E-state index contributed by atoms with van der Waals surface area (Å²) < 4.78 is 0.549. The van der Waals surface area contributed by atoms with Crippen molar-refractivity contribution < 1.29 is 0 Å². The Labute approximate surface area is 94.7 Å². The summed E-state index contributed by atoms with van der Waals surface area (Å²) in [6.45, 7) is 4.35. The summed E-state index contributed by atoms with van der Waals surface area (Å²) in [7, 11) is 0. The summed E-state index contributed by atoms with van der Waals surface area (Å²) in [5, 5.41) is 5.39. The Morgan fingerprint density at radius 1 is 1.64 bits per heavy atom. The summed E-state index contributed by atoms with van der Waals surface area (Å²) in [5.41, 5.74) is 0. The molecule has 4 heteroatoms. The maximum absolute atomic E-state index is 4.51. The molecule has 2 rings (SSSR count). The molecule has 0 aromatic rings. The first kappa shape index (κ1) is 10.7. The lowest BCUT2D eigenvalue weighted by atomic mass is 10.3. The summed E-state index contributed by atoms with van der Waals surface area (Å²) >= 11 is 3.92. The van der Waals surface area contributed by atoms with Crippen LogP contribution in [-0.4, -0.2) is 34.5 Å². The van der Waals surface area contributed by atoms with Crippen LogP contribution < -0.4 is 5.32 Å². The van der Waals surface area contributed by atoms with E-state index in [0.717, 1.165) is 18.3 Å². The fourth-order valence-electron chi connectivity index (χ4n) is 1.56. The highest BCUT2D eigenvalue weighted by atomic mass is 32.2. The zero-order valence-electron chi connectivity index (χ0n) is 8.88. The van der Waals surface area contributed by atoms with Crippen LogP contribution in [0.25, 0.3) is 0 Å². The molecule has 1 N–H and O–H groups in total. The number of nitrogens with one attached hydrogen (secondary N) is 1. The number of thioether (sulfide) groups is 2. The lowest BCUT2D eigenvalue weighted by Crippen LogP contribution is -2.29. The first-order chi connectivity index (χ1) is 6.78. The molecule has 0 aromatic carbocycles. The predicted molar refractivity (Wildman–Crippen MR) is 67.5 cm³/mol. The summed E-state index contributed by atoms with van der Waals surface area (Å²) in [4.78, 5) is 4.51. The largest absolute Gasteiger partial charge is 0.364 e. The monoisotopic (exact) mass is 230 g/mol. The van der Waals surface area contributed by atoms with E-state index in [1.54, 1.807) is 0 Å². The number of rotatable bonds is 4. The maximum Gasteiger partial charge on any atom is 0.156 e. The molecule has 1 unspecified atom stereocenters. The van der Waals surface area contributed by atoms with E-state index in [2.05, 4.69) is 23.5 Å². The molecule has 1 atom stereocenters. The number of hydrogen-bond acceptors (Lipinski definition) is 4. The van der Waals surface area contributed by atoms with Crippen molar-refractivity contribution in [3.8, 4) is 0 Å². The van der Waals surface area contributed by atoms with Gasteiger partial charge in [0.1, 0.15) is 0 Å². The molecule has 0 spiro atoms. The quantitative estimate of drug-likeness (QED) is 0.802. The van der Waals surface area contributed by atoms with Crippen LogP contribution in [0, 0.1) is 0 Å². The van der Waals surface area contributed by atoms with Crippen molar-refractivity contribution in [1.29, 1.82) is 0 Å². The molecule has 0 bridgehead atoms. The lowest BCUT2D eigenvalue weighted by molar-refractivity contribution is 0.815. The van der Waals surface area contributed by atoms with E-state index in [0.29, 0.717) is 4.75 Å². The van der Waals surface area contributed by atoms with Gasteiger partial charge in [0.2, 0.25) is 0 Å². The molecule has 80 valence electrons. The SMILES string of the molecule is CCC1CN=C(NCC2(SC)CC2)S1. The van der Waals surface area contributed by atoms with Crippen molar-refractivity contribution >= 4 is 28.7 Å². The van der Waals surface area contributed by atoms with Gasteiger partial charge < -0.3 is 5.32 Å². The Hall–Kier alpha value is 0.170. The third-order valence-electron chi connectivity index (χ3n) is 2.97. The van der Waals surface area contributed by atoms with Gasteiger partial charge >= 0.3 is 0 Å². The van der Waals surface area contributed by atoms with Gasteiger partial charge in [0.15, 0.2) is 5.17 Å². The highest BCUT2D eigenvalue weighted by molar-refractivity contribution is 8.14. The lowest BCUT2D eigenvalue weighted by Gasteiger charge is -2.13. The molecule has 1 heterocycles. The van der Waals surface area contributed by atoms with Gasteiger partial charge in [-0.25, -0.2) is 0 Å². The van der Waals surface area contributed by atoms with E-state index < -0.39 is 0 Å². The van der Waals surface area contributed by atoms with Crippen LogP contribution in [0.5, 0.6) is 0 Å². The van der Waals surface area contributed by atoms with Gasteiger partial charge in [0, 0.05) is 16.5 Å². The van der Waals surface area contributed by atoms with Crippen molar-refractivity contribution in [2.45, 2.75) is 36.2 Å². The molecule has 0 radical (unpaired) electrons. The maximum atomic E-state index is 4.51. The van der Waals surface area contributed by atoms with Gasteiger partial charge in [0.25, 0.3) is 0 Å². The van der Waals surface area contributed by atoms with Crippen LogP contribution in [0.1, 0.15) is 26.2 Å². The Balaban J connectivity index is 1.72. The molecule has 1 saturated carbocycles. The highest BCUT2D eigenvalue weighted by Gasteiger charge is 2.41. The molecule has 1 fully saturated rings. The van der Waals surface area contributed by atoms with Crippen molar-refractivity contribution in [1.82, 2.24) is 5.32 Å². The summed E-state index contributed by atoms with van der Waals surface area (Å²) in [6, 6.07) is 0. The molecule has 2 aliphatic rings. The first-order valence-electron chi connectivity index (χ1n) is 5.28. The van der Waals surface area contributed by atoms with Gasteiger partial charge in [-0.05, 0) is 25.5 Å². The van der Waals surface area contributed by atoms with Crippen LogP contribution in [0.15, 0.2) is 4.99 Å². The average molecular weight is 230 g/mol. The van der Waals surface area contributed by atoms with E-state index in [9.17, 15) is 0 Å². The van der Waals surface area contributed by atoms with Crippen LogP contribution in [-0.2, 0) is 0 Å². The molecule has 2 nitrogen and oxygen atoms in total. The second-order valence-electron chi connectivity index (χ2n) is 4.03. The van der Waals surface area contributed by atoms with Crippen LogP contribution in [0.2, 0.25) is 0 Å². The van der Waals surface area contributed by atoms with E-state index in [1.165, 1.54) is 24.4 Å². The van der Waals surface area contributed by atoms with Crippen molar-refractivity contribution in [3.63, 3.8) is 0 Å². The van der Waals surface area contributed by atoms with E-state index in [4.69, 9.17) is 0 Å². The van der Waals surface area contributed by atoms with Gasteiger partial charge in [-0.2, -0.15) is 11.8 Å². The fraction of sp³-hybridized carbons (Fsp3) is 0.900. The van der Waals surface area contributed by atoms with Crippen molar-refractivity contribution in [3.05, 3.63) is 0 Å². The van der Waals surface area contributed by atoms with Gasteiger partial charge in [0.05, 0.1) is 6.54 Å². The molecule has 1 aliphatic carbocycles. The number of hydrogen-bond donors (Lipinski definition) is 1. The molecular formula is C10H18N2S2. The fourth-order valence-corrected chi connectivity index (χ4v) is 3.22. The minimum absolute atomic E-state index is 0.549. The smallest absolute Gasteiger partial charge is 0.156 e. The minimum Gasteiger partial charge on any atom is -0.364 e. The number of amidine groups is 1. The molecule has 0 saturated heterocycles. The number of aliphatic imine (C=N–C) groups is 1. The average Bonchev–Trinajstić information content (AvgIpc) is 2.86. The second-order valence-corrected chi connectivity index (χ2v) is 6.60. The van der Waals surface area contributed by atoms with E-state index >= 15 is 0 Å². The molecule has 0 aromatic heterocycles. The van der Waals surface area contributed by atoms with Crippen molar-refractivity contribution in [2.24, 2.45) is 4.99 Å². The molecule has 14 heavy (non-hydrogen) atoms. The molecule has 0 amide bonds.